The van der Waals surface area contributed by atoms with Crippen LogP contribution in [0.3, 0.4) is 0 Å². The van der Waals surface area contributed by atoms with Crippen molar-refractivity contribution in [3.63, 3.8) is 0 Å². The molecule has 0 aliphatic carbocycles. The zero-order valence-corrected chi connectivity index (χ0v) is 10.3. The SMILES string of the molecule is CC1CCC(C)N(C(=O)c2nnc(N)s2)C1. The summed E-state index contributed by atoms with van der Waals surface area (Å²) in [6, 6.07) is 0.286. The lowest BCUT2D eigenvalue weighted by Crippen LogP contribution is -2.44. The third-order valence-corrected chi connectivity index (χ3v) is 3.74. The molecule has 0 bridgehead atoms. The van der Waals surface area contributed by atoms with Crippen molar-refractivity contribution in [2.45, 2.75) is 32.7 Å². The van der Waals surface area contributed by atoms with Crippen molar-refractivity contribution in [3.05, 3.63) is 5.01 Å². The second-order valence-electron chi connectivity index (χ2n) is 4.43. The predicted molar refractivity (Wildman–Crippen MR) is 63.2 cm³/mol. The number of aromatic nitrogens is 2. The van der Waals surface area contributed by atoms with E-state index in [1.807, 2.05) is 4.90 Å². The Balaban J connectivity index is 2.14. The fourth-order valence-electron chi connectivity index (χ4n) is 2.02. The number of anilines is 1. The largest absolute Gasteiger partial charge is 0.374 e. The van der Waals surface area contributed by atoms with E-state index in [4.69, 9.17) is 5.73 Å². The third kappa shape index (κ3) is 2.16. The summed E-state index contributed by atoms with van der Waals surface area (Å²) in [5.41, 5.74) is 5.48. The van der Waals surface area contributed by atoms with Gasteiger partial charge in [-0.25, -0.2) is 0 Å². The topological polar surface area (TPSA) is 72.1 Å². The smallest absolute Gasteiger partial charge is 0.285 e. The highest BCUT2D eigenvalue weighted by Gasteiger charge is 2.29. The molecule has 2 heterocycles. The minimum Gasteiger partial charge on any atom is -0.374 e. The van der Waals surface area contributed by atoms with E-state index in [-0.39, 0.29) is 11.9 Å². The van der Waals surface area contributed by atoms with Gasteiger partial charge in [0.15, 0.2) is 0 Å². The average Bonchev–Trinajstić information content (AvgIpc) is 2.67. The number of hydrogen-bond acceptors (Lipinski definition) is 5. The lowest BCUT2D eigenvalue weighted by molar-refractivity contribution is 0.0573. The second kappa shape index (κ2) is 4.37. The predicted octanol–water partition coefficient (Wildman–Crippen LogP) is 1.38. The molecule has 0 spiro atoms. The molecule has 1 fully saturated rings. The molecule has 88 valence electrons. The number of carbonyl (C=O) groups is 1. The van der Waals surface area contributed by atoms with E-state index in [0.717, 1.165) is 24.3 Å². The maximum absolute atomic E-state index is 12.1. The van der Waals surface area contributed by atoms with Crippen LogP contribution in [0.15, 0.2) is 0 Å². The first-order chi connectivity index (χ1) is 7.58. The first-order valence-corrected chi connectivity index (χ1v) is 6.29. The minimum absolute atomic E-state index is 0.0340. The van der Waals surface area contributed by atoms with Crippen molar-refractivity contribution < 1.29 is 4.79 Å². The summed E-state index contributed by atoms with van der Waals surface area (Å²) >= 11 is 1.16. The molecule has 1 amide bonds. The van der Waals surface area contributed by atoms with Gasteiger partial charge in [0.1, 0.15) is 0 Å². The lowest BCUT2D eigenvalue weighted by Gasteiger charge is -2.36. The molecule has 2 rings (SSSR count). The molecule has 16 heavy (non-hydrogen) atoms. The lowest BCUT2D eigenvalue weighted by atomic mass is 9.95. The Morgan fingerprint density at radius 3 is 2.81 bits per heavy atom. The standard InChI is InChI=1S/C10H16N4OS/c1-6-3-4-7(2)14(5-6)9(15)8-12-13-10(11)16-8/h6-7H,3-5H2,1-2H3,(H2,11,13). The van der Waals surface area contributed by atoms with Crippen LogP contribution in [0.4, 0.5) is 5.13 Å². The summed E-state index contributed by atoms with van der Waals surface area (Å²) in [6.07, 6.45) is 2.24. The molecule has 1 aromatic heterocycles. The van der Waals surface area contributed by atoms with Gasteiger partial charge in [-0.15, -0.1) is 10.2 Å². The van der Waals surface area contributed by atoms with Gasteiger partial charge in [-0.3, -0.25) is 4.79 Å². The summed E-state index contributed by atoms with van der Waals surface area (Å²) in [4.78, 5) is 14.0. The van der Waals surface area contributed by atoms with Gasteiger partial charge in [-0.05, 0) is 25.7 Å². The van der Waals surface area contributed by atoms with E-state index in [9.17, 15) is 4.79 Å². The molecule has 1 aliphatic heterocycles. The summed E-state index contributed by atoms with van der Waals surface area (Å²) in [7, 11) is 0. The van der Waals surface area contributed by atoms with Gasteiger partial charge in [0.05, 0.1) is 0 Å². The normalized spacial score (nSPS) is 25.8. The Hall–Kier alpha value is -1.17. The zero-order chi connectivity index (χ0) is 11.7. The number of amides is 1. The molecule has 0 radical (unpaired) electrons. The van der Waals surface area contributed by atoms with Crippen LogP contribution < -0.4 is 5.73 Å². The highest BCUT2D eigenvalue weighted by Crippen LogP contribution is 2.24. The van der Waals surface area contributed by atoms with Crippen molar-refractivity contribution in [2.24, 2.45) is 5.92 Å². The van der Waals surface area contributed by atoms with E-state index in [2.05, 4.69) is 24.0 Å². The van der Waals surface area contributed by atoms with E-state index in [1.165, 1.54) is 6.42 Å². The molecule has 0 aromatic carbocycles. The summed E-state index contributed by atoms with van der Waals surface area (Å²) in [6.45, 7) is 5.05. The van der Waals surface area contributed by atoms with Gasteiger partial charge in [-0.2, -0.15) is 0 Å². The number of nitrogen functional groups attached to an aromatic ring is 1. The molecule has 2 unspecified atom stereocenters. The maximum Gasteiger partial charge on any atom is 0.285 e. The number of rotatable bonds is 1. The molecule has 1 saturated heterocycles. The molecule has 0 saturated carbocycles. The first-order valence-electron chi connectivity index (χ1n) is 5.48. The Labute approximate surface area is 98.7 Å². The van der Waals surface area contributed by atoms with Gasteiger partial charge < -0.3 is 10.6 Å². The number of nitrogens with zero attached hydrogens (tertiary/aromatic N) is 3. The first kappa shape index (κ1) is 11.3. The van der Waals surface area contributed by atoms with Crippen molar-refractivity contribution in [2.75, 3.05) is 12.3 Å². The number of nitrogens with two attached hydrogens (primary N) is 1. The van der Waals surface area contributed by atoms with E-state index in [1.54, 1.807) is 0 Å². The van der Waals surface area contributed by atoms with Crippen LogP contribution in [0.2, 0.25) is 0 Å². The highest BCUT2D eigenvalue weighted by molar-refractivity contribution is 7.16. The Bertz CT molecular complexity index is 392. The third-order valence-electron chi connectivity index (χ3n) is 3.00. The van der Waals surface area contributed by atoms with Crippen molar-refractivity contribution >= 4 is 22.4 Å². The van der Waals surface area contributed by atoms with E-state index in [0.29, 0.717) is 16.1 Å². The van der Waals surface area contributed by atoms with Crippen LogP contribution in [0.25, 0.3) is 0 Å². The fraction of sp³-hybridized carbons (Fsp3) is 0.700. The van der Waals surface area contributed by atoms with Gasteiger partial charge in [0.25, 0.3) is 5.91 Å². The van der Waals surface area contributed by atoms with Crippen LogP contribution in [0.5, 0.6) is 0 Å². The Morgan fingerprint density at radius 2 is 2.19 bits per heavy atom. The Kier molecular flexibility index (Phi) is 3.09. The van der Waals surface area contributed by atoms with Crippen LogP contribution in [-0.2, 0) is 0 Å². The summed E-state index contributed by atoms with van der Waals surface area (Å²) in [5, 5.41) is 8.23. The zero-order valence-electron chi connectivity index (χ0n) is 9.51. The number of likely N-dealkylation sites (tertiary alicyclic amines) is 1. The number of piperidine rings is 1. The van der Waals surface area contributed by atoms with Gasteiger partial charge in [0, 0.05) is 12.6 Å². The fourth-order valence-corrected chi connectivity index (χ4v) is 2.58. The molecule has 1 aliphatic rings. The van der Waals surface area contributed by atoms with Crippen molar-refractivity contribution in [1.82, 2.24) is 15.1 Å². The average molecular weight is 240 g/mol. The quantitative estimate of drug-likeness (QED) is 0.805. The molecule has 2 atom stereocenters. The number of hydrogen-bond donors (Lipinski definition) is 1. The number of carbonyl (C=O) groups excluding carboxylic acids is 1. The van der Waals surface area contributed by atoms with Crippen LogP contribution in [0, 0.1) is 5.92 Å². The molecular formula is C10H16N4OS. The van der Waals surface area contributed by atoms with Gasteiger partial charge in [-0.1, -0.05) is 18.3 Å². The van der Waals surface area contributed by atoms with E-state index >= 15 is 0 Å². The molecule has 5 nitrogen and oxygen atoms in total. The molecule has 2 N–H and O–H groups in total. The van der Waals surface area contributed by atoms with Crippen LogP contribution in [-0.4, -0.2) is 33.6 Å². The van der Waals surface area contributed by atoms with Crippen molar-refractivity contribution in [1.29, 1.82) is 0 Å². The monoisotopic (exact) mass is 240 g/mol. The summed E-state index contributed by atoms with van der Waals surface area (Å²) in [5.74, 6) is 0.527. The van der Waals surface area contributed by atoms with Crippen LogP contribution >= 0.6 is 11.3 Å². The van der Waals surface area contributed by atoms with E-state index < -0.39 is 0 Å². The minimum atomic E-state index is -0.0340. The van der Waals surface area contributed by atoms with Gasteiger partial charge in [0.2, 0.25) is 10.1 Å². The highest BCUT2D eigenvalue weighted by atomic mass is 32.1. The van der Waals surface area contributed by atoms with Crippen LogP contribution in [0.1, 0.15) is 36.5 Å². The maximum atomic E-state index is 12.1. The molecule has 6 heteroatoms. The second-order valence-corrected chi connectivity index (χ2v) is 5.44. The Morgan fingerprint density at radius 1 is 1.44 bits per heavy atom. The van der Waals surface area contributed by atoms with Crippen molar-refractivity contribution in [3.8, 4) is 0 Å². The van der Waals surface area contributed by atoms with Gasteiger partial charge >= 0.3 is 0 Å². The summed E-state index contributed by atoms with van der Waals surface area (Å²) < 4.78 is 0. The molecule has 1 aromatic rings. The molecular weight excluding hydrogens is 224 g/mol.